The molecular weight excluding hydrogens is 290 g/mol. The third-order valence-electron chi connectivity index (χ3n) is 3.86. The van der Waals surface area contributed by atoms with Gasteiger partial charge < -0.3 is 10.6 Å². The van der Waals surface area contributed by atoms with E-state index in [-0.39, 0.29) is 30.1 Å². The van der Waals surface area contributed by atoms with E-state index in [4.69, 9.17) is 0 Å². The van der Waals surface area contributed by atoms with E-state index >= 15 is 0 Å². The highest BCUT2D eigenvalue weighted by molar-refractivity contribution is 5.97. The first-order chi connectivity index (χ1) is 10.6. The highest BCUT2D eigenvalue weighted by Crippen LogP contribution is 2.12. The number of Topliss-reactive ketones (excluding diaryl/α,β-unsaturated/α-hetero) is 1. The second-order valence-corrected chi connectivity index (χ2v) is 5.55. The number of nitrogens with one attached hydrogen (secondary N) is 2. The number of halogens is 2. The number of ketones is 1. The molecule has 0 aromatic heterocycles. The molecule has 0 saturated carbocycles. The summed E-state index contributed by atoms with van der Waals surface area (Å²) in [5, 5.41) is 6.05. The maximum Gasteiger partial charge on any atom is 0.220 e. The molecule has 1 amide bonds. The minimum absolute atomic E-state index is 0.0120. The van der Waals surface area contributed by atoms with E-state index in [2.05, 4.69) is 10.6 Å². The lowest BCUT2D eigenvalue weighted by Gasteiger charge is -2.09. The van der Waals surface area contributed by atoms with Crippen molar-refractivity contribution in [3.8, 4) is 0 Å². The smallest absolute Gasteiger partial charge is 0.220 e. The molecule has 1 saturated heterocycles. The molecule has 0 radical (unpaired) electrons. The average Bonchev–Trinajstić information content (AvgIpc) is 3.01. The van der Waals surface area contributed by atoms with Crippen LogP contribution in [0.4, 0.5) is 8.78 Å². The molecule has 1 aromatic rings. The second kappa shape index (κ2) is 7.98. The first-order valence-corrected chi connectivity index (χ1v) is 7.52. The topological polar surface area (TPSA) is 58.2 Å². The van der Waals surface area contributed by atoms with Gasteiger partial charge in [0.25, 0.3) is 0 Å². The molecule has 2 N–H and O–H groups in total. The van der Waals surface area contributed by atoms with Gasteiger partial charge in [0.2, 0.25) is 5.91 Å². The number of hydrogen-bond acceptors (Lipinski definition) is 3. The highest BCUT2D eigenvalue weighted by Gasteiger charge is 2.15. The quantitative estimate of drug-likeness (QED) is 0.758. The second-order valence-electron chi connectivity index (χ2n) is 5.55. The van der Waals surface area contributed by atoms with Crippen LogP contribution in [-0.4, -0.2) is 31.3 Å². The summed E-state index contributed by atoms with van der Waals surface area (Å²) >= 11 is 0. The van der Waals surface area contributed by atoms with Crippen molar-refractivity contribution in [2.24, 2.45) is 5.92 Å². The third kappa shape index (κ3) is 4.87. The lowest BCUT2D eigenvalue weighted by atomic mass is 10.0. The van der Waals surface area contributed by atoms with Crippen LogP contribution >= 0.6 is 0 Å². The summed E-state index contributed by atoms with van der Waals surface area (Å²) in [6.45, 7) is 2.62. The monoisotopic (exact) mass is 310 g/mol. The zero-order valence-electron chi connectivity index (χ0n) is 12.3. The van der Waals surface area contributed by atoms with Gasteiger partial charge in [-0.05, 0) is 50.0 Å². The number of benzene rings is 1. The van der Waals surface area contributed by atoms with Gasteiger partial charge in [-0.25, -0.2) is 8.78 Å². The van der Waals surface area contributed by atoms with E-state index in [1.807, 2.05) is 0 Å². The van der Waals surface area contributed by atoms with Crippen molar-refractivity contribution in [2.45, 2.75) is 25.7 Å². The molecule has 0 aliphatic carbocycles. The number of amides is 1. The van der Waals surface area contributed by atoms with Crippen LogP contribution in [0.2, 0.25) is 0 Å². The predicted molar refractivity (Wildman–Crippen MR) is 78.5 cm³/mol. The fraction of sp³-hybridized carbons (Fsp3) is 0.500. The van der Waals surface area contributed by atoms with E-state index in [0.29, 0.717) is 12.5 Å². The molecule has 1 heterocycles. The largest absolute Gasteiger partial charge is 0.356 e. The minimum atomic E-state index is -1.06. The Morgan fingerprint density at radius 1 is 1.23 bits per heavy atom. The Morgan fingerprint density at radius 2 is 2.05 bits per heavy atom. The van der Waals surface area contributed by atoms with Gasteiger partial charge in [0.05, 0.1) is 0 Å². The van der Waals surface area contributed by atoms with Gasteiger partial charge in [0.15, 0.2) is 17.4 Å². The Bertz CT molecular complexity index is 543. The Balaban J connectivity index is 1.68. The third-order valence-corrected chi connectivity index (χ3v) is 3.86. The summed E-state index contributed by atoms with van der Waals surface area (Å²) in [5.74, 6) is -2.00. The molecule has 120 valence electrons. The molecule has 1 aliphatic rings. The first kappa shape index (κ1) is 16.5. The van der Waals surface area contributed by atoms with Crippen molar-refractivity contribution in [3.63, 3.8) is 0 Å². The van der Waals surface area contributed by atoms with Crippen molar-refractivity contribution in [2.75, 3.05) is 19.6 Å². The van der Waals surface area contributed by atoms with Crippen molar-refractivity contribution in [1.29, 1.82) is 0 Å². The van der Waals surface area contributed by atoms with Crippen LogP contribution < -0.4 is 10.6 Å². The van der Waals surface area contributed by atoms with E-state index in [1.165, 1.54) is 6.07 Å². The standard InChI is InChI=1S/C16H20F2N2O2/c17-13-2-1-12(9-14(13)18)15(21)3-4-16(22)20-8-6-11-5-7-19-10-11/h1-2,9,11,19H,3-8,10H2,(H,20,22). The van der Waals surface area contributed by atoms with E-state index in [0.717, 1.165) is 38.1 Å². The summed E-state index contributed by atoms with van der Waals surface area (Å²) in [4.78, 5) is 23.5. The Morgan fingerprint density at radius 3 is 2.73 bits per heavy atom. The Hall–Kier alpha value is -1.82. The van der Waals surface area contributed by atoms with Crippen LogP contribution in [0.3, 0.4) is 0 Å². The lowest BCUT2D eigenvalue weighted by Crippen LogP contribution is -2.26. The summed E-state index contributed by atoms with van der Waals surface area (Å²) in [7, 11) is 0. The summed E-state index contributed by atoms with van der Waals surface area (Å²) in [6.07, 6.45) is 2.10. The molecule has 2 rings (SSSR count). The van der Waals surface area contributed by atoms with Crippen LogP contribution in [0.25, 0.3) is 0 Å². The van der Waals surface area contributed by atoms with Crippen LogP contribution in [-0.2, 0) is 4.79 Å². The van der Waals surface area contributed by atoms with Crippen LogP contribution in [0.15, 0.2) is 18.2 Å². The van der Waals surface area contributed by atoms with Gasteiger partial charge in [-0.2, -0.15) is 0 Å². The number of carbonyl (C=O) groups excluding carboxylic acids is 2. The number of carbonyl (C=O) groups is 2. The maximum atomic E-state index is 13.0. The molecular formula is C16H20F2N2O2. The lowest BCUT2D eigenvalue weighted by molar-refractivity contribution is -0.121. The van der Waals surface area contributed by atoms with Gasteiger partial charge in [-0.15, -0.1) is 0 Å². The maximum absolute atomic E-state index is 13.0. The van der Waals surface area contributed by atoms with E-state index in [9.17, 15) is 18.4 Å². The Labute approximate surface area is 128 Å². The molecule has 4 nitrogen and oxygen atoms in total. The van der Waals surface area contributed by atoms with Crippen LogP contribution in [0.5, 0.6) is 0 Å². The number of rotatable bonds is 7. The molecule has 1 fully saturated rings. The van der Waals surface area contributed by atoms with Gasteiger partial charge in [-0.1, -0.05) is 0 Å². The summed E-state index contributed by atoms with van der Waals surface area (Å²) in [5.41, 5.74) is 0.0868. The normalized spacial score (nSPS) is 17.5. The Kier molecular flexibility index (Phi) is 6.00. The molecule has 6 heteroatoms. The van der Waals surface area contributed by atoms with Crippen LogP contribution in [0, 0.1) is 17.6 Å². The van der Waals surface area contributed by atoms with Gasteiger partial charge in [0, 0.05) is 24.9 Å². The molecule has 0 bridgehead atoms. The molecule has 1 atom stereocenters. The SMILES string of the molecule is O=C(CCC(=O)c1ccc(F)c(F)c1)NCCC1CCNC1. The molecule has 1 aliphatic heterocycles. The molecule has 0 spiro atoms. The molecule has 1 aromatic carbocycles. The minimum Gasteiger partial charge on any atom is -0.356 e. The van der Waals surface area contributed by atoms with Gasteiger partial charge in [0.1, 0.15) is 0 Å². The first-order valence-electron chi connectivity index (χ1n) is 7.52. The van der Waals surface area contributed by atoms with Crippen LogP contribution in [0.1, 0.15) is 36.0 Å². The molecule has 1 unspecified atom stereocenters. The van der Waals surface area contributed by atoms with Gasteiger partial charge in [-0.3, -0.25) is 9.59 Å². The van der Waals surface area contributed by atoms with E-state index in [1.54, 1.807) is 0 Å². The number of hydrogen-bond donors (Lipinski definition) is 2. The average molecular weight is 310 g/mol. The molecule has 22 heavy (non-hydrogen) atoms. The summed E-state index contributed by atoms with van der Waals surface area (Å²) < 4.78 is 25.8. The fourth-order valence-electron chi connectivity index (χ4n) is 2.51. The summed E-state index contributed by atoms with van der Waals surface area (Å²) in [6, 6.07) is 3.01. The van der Waals surface area contributed by atoms with Crippen molar-refractivity contribution in [3.05, 3.63) is 35.4 Å². The zero-order chi connectivity index (χ0) is 15.9. The van der Waals surface area contributed by atoms with E-state index < -0.39 is 11.6 Å². The fourth-order valence-corrected chi connectivity index (χ4v) is 2.51. The van der Waals surface area contributed by atoms with Crippen molar-refractivity contribution in [1.82, 2.24) is 10.6 Å². The highest BCUT2D eigenvalue weighted by atomic mass is 19.2. The van der Waals surface area contributed by atoms with Crippen molar-refractivity contribution >= 4 is 11.7 Å². The zero-order valence-corrected chi connectivity index (χ0v) is 12.3. The predicted octanol–water partition coefficient (Wildman–Crippen LogP) is 2.04. The van der Waals surface area contributed by atoms with Crippen molar-refractivity contribution < 1.29 is 18.4 Å². The van der Waals surface area contributed by atoms with Gasteiger partial charge >= 0.3 is 0 Å².